The smallest absolute Gasteiger partial charge is 0.127 e. The summed E-state index contributed by atoms with van der Waals surface area (Å²) in [4.78, 5) is 2.52. The lowest BCUT2D eigenvalue weighted by Crippen LogP contribution is -2.34. The lowest BCUT2D eigenvalue weighted by Gasteiger charge is -2.24. The van der Waals surface area contributed by atoms with Crippen molar-refractivity contribution in [2.24, 2.45) is 5.10 Å². The van der Waals surface area contributed by atoms with Crippen LogP contribution in [0.3, 0.4) is 0 Å². The Morgan fingerprint density at radius 1 is 1.21 bits per heavy atom. The molecule has 3 nitrogen and oxygen atoms in total. The molecular weight excluding hydrogens is 234 g/mol. The van der Waals surface area contributed by atoms with Crippen LogP contribution in [0.2, 0.25) is 0 Å². The Bertz CT molecular complexity index is 441. The van der Waals surface area contributed by atoms with Crippen LogP contribution in [0.15, 0.2) is 35.4 Å². The minimum absolute atomic E-state index is 0.721. The number of unbranched alkanes of at least 4 members (excludes halogenated alkanes) is 2. The van der Waals surface area contributed by atoms with Gasteiger partial charge in [-0.25, -0.2) is 5.01 Å². The third-order valence-electron chi connectivity index (χ3n) is 4.19. The standard InChI is InChI=1S/C16H23N3/c1-2-3-5-8-14-11-12-16-17-19(13-18(14)16)15-9-6-4-7-10-15/h4,6-7,9-10,14H,2-3,5,8,11-13H2,1H3/t14-/m0/s1. The van der Waals surface area contributed by atoms with Crippen molar-refractivity contribution >= 4 is 11.5 Å². The first-order valence-corrected chi connectivity index (χ1v) is 7.55. The maximum absolute atomic E-state index is 4.77. The van der Waals surface area contributed by atoms with Crippen LogP contribution in [0.5, 0.6) is 0 Å². The van der Waals surface area contributed by atoms with Crippen molar-refractivity contribution in [1.29, 1.82) is 0 Å². The van der Waals surface area contributed by atoms with Crippen LogP contribution < -0.4 is 5.01 Å². The highest BCUT2D eigenvalue weighted by atomic mass is 15.6. The summed E-state index contributed by atoms with van der Waals surface area (Å²) in [7, 11) is 0. The van der Waals surface area contributed by atoms with Crippen LogP contribution in [-0.4, -0.2) is 23.4 Å². The molecule has 0 amide bonds. The molecule has 1 saturated heterocycles. The number of amidine groups is 1. The summed E-state index contributed by atoms with van der Waals surface area (Å²) in [6.45, 7) is 3.21. The van der Waals surface area contributed by atoms with Gasteiger partial charge in [0, 0.05) is 12.5 Å². The number of hydrazone groups is 1. The fourth-order valence-corrected chi connectivity index (χ4v) is 3.10. The fourth-order valence-electron chi connectivity index (χ4n) is 3.10. The lowest BCUT2D eigenvalue weighted by molar-refractivity contribution is 0.326. The Morgan fingerprint density at radius 3 is 2.84 bits per heavy atom. The normalized spacial score (nSPS) is 21.7. The molecule has 0 aromatic heterocycles. The van der Waals surface area contributed by atoms with Gasteiger partial charge in [-0.3, -0.25) is 0 Å². The minimum atomic E-state index is 0.721. The van der Waals surface area contributed by atoms with Crippen molar-refractivity contribution in [1.82, 2.24) is 4.90 Å². The van der Waals surface area contributed by atoms with Crippen molar-refractivity contribution in [3.8, 4) is 0 Å². The van der Waals surface area contributed by atoms with Gasteiger partial charge in [0.15, 0.2) is 0 Å². The third kappa shape index (κ3) is 2.60. The minimum Gasteiger partial charge on any atom is -0.336 e. The number of benzene rings is 1. The van der Waals surface area contributed by atoms with Crippen molar-refractivity contribution < 1.29 is 0 Å². The van der Waals surface area contributed by atoms with Crippen LogP contribution in [0.4, 0.5) is 5.69 Å². The number of hydrogen-bond acceptors (Lipinski definition) is 3. The Kier molecular flexibility index (Phi) is 3.72. The number of fused-ring (bicyclic) bond motifs is 1. The summed E-state index contributed by atoms with van der Waals surface area (Å²) in [6, 6.07) is 11.2. The Hall–Kier alpha value is -1.51. The van der Waals surface area contributed by atoms with E-state index in [1.807, 2.05) is 0 Å². The van der Waals surface area contributed by atoms with Crippen LogP contribution in [0.25, 0.3) is 0 Å². The highest BCUT2D eigenvalue weighted by Gasteiger charge is 2.34. The van der Waals surface area contributed by atoms with Gasteiger partial charge in [-0.15, -0.1) is 0 Å². The van der Waals surface area contributed by atoms with Crippen LogP contribution in [-0.2, 0) is 0 Å². The maximum atomic E-state index is 4.77. The highest BCUT2D eigenvalue weighted by molar-refractivity contribution is 5.87. The third-order valence-corrected chi connectivity index (χ3v) is 4.19. The molecule has 3 rings (SSSR count). The molecule has 0 N–H and O–H groups in total. The molecule has 1 aromatic carbocycles. The summed E-state index contributed by atoms with van der Waals surface area (Å²) in [5, 5.41) is 6.91. The van der Waals surface area contributed by atoms with Crippen molar-refractivity contribution in [3.63, 3.8) is 0 Å². The molecule has 2 heterocycles. The zero-order valence-electron chi connectivity index (χ0n) is 11.8. The first-order chi connectivity index (χ1) is 9.38. The molecule has 0 spiro atoms. The first kappa shape index (κ1) is 12.5. The monoisotopic (exact) mass is 257 g/mol. The zero-order valence-corrected chi connectivity index (χ0v) is 11.8. The lowest BCUT2D eigenvalue weighted by atomic mass is 10.1. The largest absolute Gasteiger partial charge is 0.336 e. The first-order valence-electron chi connectivity index (χ1n) is 7.55. The van der Waals surface area contributed by atoms with Crippen LogP contribution in [0, 0.1) is 0 Å². The summed E-state index contributed by atoms with van der Waals surface area (Å²) in [6.07, 6.45) is 7.81. The van der Waals surface area contributed by atoms with Crippen LogP contribution >= 0.6 is 0 Å². The number of hydrogen-bond donors (Lipinski definition) is 0. The average molecular weight is 257 g/mol. The topological polar surface area (TPSA) is 18.8 Å². The summed E-state index contributed by atoms with van der Waals surface area (Å²) < 4.78 is 0. The molecule has 0 bridgehead atoms. The van der Waals surface area contributed by atoms with Gasteiger partial charge in [0.2, 0.25) is 0 Å². The molecular formula is C16H23N3. The summed E-state index contributed by atoms with van der Waals surface area (Å²) in [5.74, 6) is 1.30. The summed E-state index contributed by atoms with van der Waals surface area (Å²) >= 11 is 0. The number of rotatable bonds is 5. The zero-order chi connectivity index (χ0) is 13.1. The van der Waals surface area contributed by atoms with E-state index < -0.39 is 0 Å². The van der Waals surface area contributed by atoms with Crippen molar-refractivity contribution in [3.05, 3.63) is 30.3 Å². The molecule has 0 unspecified atom stereocenters. The average Bonchev–Trinajstić information content (AvgIpc) is 3.02. The molecule has 1 fully saturated rings. The van der Waals surface area contributed by atoms with Crippen LogP contribution in [0.1, 0.15) is 45.4 Å². The van der Waals surface area contributed by atoms with Gasteiger partial charge >= 0.3 is 0 Å². The van der Waals surface area contributed by atoms with E-state index in [0.717, 1.165) is 19.1 Å². The molecule has 1 atom stereocenters. The van der Waals surface area contributed by atoms with E-state index in [9.17, 15) is 0 Å². The van der Waals surface area contributed by atoms with E-state index in [-0.39, 0.29) is 0 Å². The van der Waals surface area contributed by atoms with E-state index >= 15 is 0 Å². The number of nitrogens with zero attached hydrogens (tertiary/aromatic N) is 3. The number of para-hydroxylation sites is 1. The predicted octanol–water partition coefficient (Wildman–Crippen LogP) is 3.82. The van der Waals surface area contributed by atoms with E-state index in [1.165, 1.54) is 43.6 Å². The van der Waals surface area contributed by atoms with Gasteiger partial charge in [0.05, 0.1) is 5.69 Å². The Morgan fingerprint density at radius 2 is 2.05 bits per heavy atom. The summed E-state index contributed by atoms with van der Waals surface area (Å²) in [5.41, 5.74) is 1.21. The van der Waals surface area contributed by atoms with Gasteiger partial charge < -0.3 is 4.90 Å². The molecule has 0 saturated carbocycles. The predicted molar refractivity (Wildman–Crippen MR) is 80.2 cm³/mol. The Balaban J connectivity index is 1.63. The SMILES string of the molecule is CCCCC[C@H]1CCC2=NN(c3ccccc3)CN21. The van der Waals surface area contributed by atoms with Crippen molar-refractivity contribution in [2.75, 3.05) is 11.7 Å². The van der Waals surface area contributed by atoms with Gasteiger partial charge in [-0.1, -0.05) is 44.4 Å². The molecule has 0 aliphatic carbocycles. The quantitative estimate of drug-likeness (QED) is 0.747. The molecule has 1 aromatic rings. The second kappa shape index (κ2) is 5.64. The van der Waals surface area contributed by atoms with Gasteiger partial charge in [0.1, 0.15) is 12.5 Å². The van der Waals surface area contributed by atoms with Gasteiger partial charge in [-0.2, -0.15) is 5.10 Å². The molecule has 2 aliphatic rings. The van der Waals surface area contributed by atoms with E-state index in [0.29, 0.717) is 0 Å². The fraction of sp³-hybridized carbons (Fsp3) is 0.562. The number of anilines is 1. The van der Waals surface area contributed by atoms with Gasteiger partial charge in [-0.05, 0) is 25.0 Å². The molecule has 19 heavy (non-hydrogen) atoms. The molecule has 2 aliphatic heterocycles. The van der Waals surface area contributed by atoms with E-state index in [2.05, 4.69) is 47.2 Å². The van der Waals surface area contributed by atoms with Crippen molar-refractivity contribution in [2.45, 2.75) is 51.5 Å². The Labute approximate surface area is 115 Å². The highest BCUT2D eigenvalue weighted by Crippen LogP contribution is 2.30. The second-order valence-corrected chi connectivity index (χ2v) is 5.55. The maximum Gasteiger partial charge on any atom is 0.127 e. The molecule has 3 heteroatoms. The van der Waals surface area contributed by atoms with Gasteiger partial charge in [0.25, 0.3) is 0 Å². The molecule has 102 valence electrons. The second-order valence-electron chi connectivity index (χ2n) is 5.55. The van der Waals surface area contributed by atoms with E-state index in [4.69, 9.17) is 5.10 Å². The molecule has 0 radical (unpaired) electrons. The van der Waals surface area contributed by atoms with E-state index in [1.54, 1.807) is 0 Å².